The molecule has 4 nitrogen and oxygen atoms in total. The molecule has 1 N–H and O–H groups in total. The van der Waals surface area contributed by atoms with Gasteiger partial charge >= 0.3 is 0 Å². The molecule has 2 aromatic rings. The highest BCUT2D eigenvalue weighted by atomic mass is 16.5. The predicted molar refractivity (Wildman–Crippen MR) is 83.5 cm³/mol. The van der Waals surface area contributed by atoms with Crippen LogP contribution in [0.25, 0.3) is 0 Å². The third kappa shape index (κ3) is 3.85. The fourth-order valence-electron chi connectivity index (χ4n) is 2.42. The molecule has 1 aromatic carbocycles. The van der Waals surface area contributed by atoms with Gasteiger partial charge in [0.25, 0.3) is 0 Å². The lowest BCUT2D eigenvalue weighted by Gasteiger charge is -2.13. The van der Waals surface area contributed by atoms with Crippen LogP contribution in [0.5, 0.6) is 5.75 Å². The highest BCUT2D eigenvalue weighted by Gasteiger charge is 2.20. The van der Waals surface area contributed by atoms with Crippen molar-refractivity contribution in [3.05, 3.63) is 47.5 Å². The van der Waals surface area contributed by atoms with Crippen LogP contribution in [0.1, 0.15) is 29.8 Å². The number of aromatic nitrogens is 2. The molecule has 0 unspecified atom stereocenters. The van der Waals surface area contributed by atoms with E-state index in [9.17, 15) is 0 Å². The Morgan fingerprint density at radius 3 is 2.90 bits per heavy atom. The van der Waals surface area contributed by atoms with Gasteiger partial charge in [-0.15, -0.1) is 0 Å². The quantitative estimate of drug-likeness (QED) is 0.850. The van der Waals surface area contributed by atoms with Gasteiger partial charge in [-0.25, -0.2) is 4.98 Å². The van der Waals surface area contributed by atoms with E-state index >= 15 is 0 Å². The third-order valence-electron chi connectivity index (χ3n) is 3.89. The number of ether oxygens (including phenoxy) is 1. The van der Waals surface area contributed by atoms with Gasteiger partial charge < -0.3 is 14.6 Å². The van der Waals surface area contributed by atoms with Gasteiger partial charge in [-0.3, -0.25) is 0 Å². The van der Waals surface area contributed by atoms with Crippen LogP contribution in [0.4, 0.5) is 0 Å². The summed E-state index contributed by atoms with van der Waals surface area (Å²) < 4.78 is 8.09. The van der Waals surface area contributed by atoms with Crippen molar-refractivity contribution in [3.63, 3.8) is 0 Å². The first-order valence-corrected chi connectivity index (χ1v) is 7.66. The summed E-state index contributed by atoms with van der Waals surface area (Å²) in [5.41, 5.74) is 2.53. The molecule has 21 heavy (non-hydrogen) atoms. The third-order valence-corrected chi connectivity index (χ3v) is 3.89. The summed E-state index contributed by atoms with van der Waals surface area (Å²) >= 11 is 0. The Morgan fingerprint density at radius 1 is 1.33 bits per heavy atom. The van der Waals surface area contributed by atoms with Crippen molar-refractivity contribution in [2.24, 2.45) is 0 Å². The number of aryl methyl sites for hydroxylation is 2. The van der Waals surface area contributed by atoms with E-state index in [4.69, 9.17) is 4.74 Å². The fourth-order valence-corrected chi connectivity index (χ4v) is 2.42. The molecule has 112 valence electrons. The van der Waals surface area contributed by atoms with Gasteiger partial charge in [-0.1, -0.05) is 17.7 Å². The molecular weight excluding hydrogens is 262 g/mol. The highest BCUT2D eigenvalue weighted by Crippen LogP contribution is 2.23. The molecule has 1 aromatic heterocycles. The predicted octanol–water partition coefficient (Wildman–Crippen LogP) is 2.83. The maximum Gasteiger partial charge on any atom is 0.123 e. The Balaban J connectivity index is 1.59. The van der Waals surface area contributed by atoms with Crippen LogP contribution < -0.4 is 10.1 Å². The minimum absolute atomic E-state index is 0.663. The molecule has 3 rings (SSSR count). The molecule has 0 spiro atoms. The Morgan fingerprint density at radius 2 is 2.19 bits per heavy atom. The van der Waals surface area contributed by atoms with Gasteiger partial charge in [0, 0.05) is 30.5 Å². The summed E-state index contributed by atoms with van der Waals surface area (Å²) in [6, 6.07) is 7.12. The van der Waals surface area contributed by atoms with Gasteiger partial charge in [0.1, 0.15) is 18.2 Å². The lowest BCUT2D eigenvalue weighted by atomic mass is 10.1. The Labute approximate surface area is 126 Å². The zero-order valence-corrected chi connectivity index (χ0v) is 12.8. The van der Waals surface area contributed by atoms with E-state index in [-0.39, 0.29) is 0 Å². The van der Waals surface area contributed by atoms with E-state index in [0.29, 0.717) is 12.6 Å². The average molecular weight is 285 g/mol. The molecule has 0 amide bonds. The first-order chi connectivity index (χ1) is 10.2. The van der Waals surface area contributed by atoms with Crippen molar-refractivity contribution in [1.82, 2.24) is 14.9 Å². The van der Waals surface area contributed by atoms with E-state index in [1.54, 1.807) is 0 Å². The van der Waals surface area contributed by atoms with Gasteiger partial charge in [-0.2, -0.15) is 0 Å². The second kappa shape index (κ2) is 6.31. The SMILES string of the molecule is Cc1ccc(OCCn2ccnc2C)c(CNC2CC2)c1. The van der Waals surface area contributed by atoms with Crippen molar-refractivity contribution in [1.29, 1.82) is 0 Å². The smallest absolute Gasteiger partial charge is 0.123 e. The molecule has 0 radical (unpaired) electrons. The largest absolute Gasteiger partial charge is 0.491 e. The molecule has 0 aliphatic heterocycles. The molecule has 0 bridgehead atoms. The van der Waals surface area contributed by atoms with Crippen LogP contribution in [0.15, 0.2) is 30.6 Å². The summed E-state index contributed by atoms with van der Waals surface area (Å²) in [5.74, 6) is 2.02. The van der Waals surface area contributed by atoms with Gasteiger partial charge in [0.05, 0.1) is 6.54 Å². The fraction of sp³-hybridized carbons (Fsp3) is 0.471. The number of hydrogen-bond acceptors (Lipinski definition) is 3. The summed E-state index contributed by atoms with van der Waals surface area (Å²) in [6.07, 6.45) is 6.43. The van der Waals surface area contributed by atoms with Crippen molar-refractivity contribution >= 4 is 0 Å². The lowest BCUT2D eigenvalue weighted by molar-refractivity contribution is 0.293. The molecule has 1 aliphatic carbocycles. The highest BCUT2D eigenvalue weighted by molar-refractivity contribution is 5.37. The van der Waals surface area contributed by atoms with Crippen molar-refractivity contribution in [3.8, 4) is 5.75 Å². The van der Waals surface area contributed by atoms with Gasteiger partial charge in [0.15, 0.2) is 0 Å². The van der Waals surface area contributed by atoms with Crippen LogP contribution in [-0.2, 0) is 13.1 Å². The Bertz CT molecular complexity index is 602. The van der Waals surface area contributed by atoms with E-state index in [1.807, 2.05) is 19.3 Å². The van der Waals surface area contributed by atoms with Crippen molar-refractivity contribution in [2.75, 3.05) is 6.61 Å². The van der Waals surface area contributed by atoms with Crippen molar-refractivity contribution in [2.45, 2.75) is 45.8 Å². The monoisotopic (exact) mass is 285 g/mol. The molecule has 0 saturated heterocycles. The number of nitrogens with one attached hydrogen (secondary N) is 1. The normalized spacial score (nSPS) is 14.4. The van der Waals surface area contributed by atoms with Crippen LogP contribution in [0, 0.1) is 13.8 Å². The molecule has 1 heterocycles. The first kappa shape index (κ1) is 14.1. The standard InChI is InChI=1S/C17H23N3O/c1-13-3-6-17(15(11-13)12-19-16-4-5-16)21-10-9-20-8-7-18-14(20)2/h3,6-8,11,16,19H,4-5,9-10,12H2,1-2H3. The minimum Gasteiger partial charge on any atom is -0.491 e. The maximum absolute atomic E-state index is 5.98. The molecule has 4 heteroatoms. The van der Waals surface area contributed by atoms with Gasteiger partial charge in [0.2, 0.25) is 0 Å². The van der Waals surface area contributed by atoms with Crippen LogP contribution in [0.2, 0.25) is 0 Å². The Kier molecular flexibility index (Phi) is 4.25. The maximum atomic E-state index is 5.98. The zero-order chi connectivity index (χ0) is 14.7. The molecule has 1 aliphatic rings. The number of nitrogens with zero attached hydrogens (tertiary/aromatic N) is 2. The summed E-state index contributed by atoms with van der Waals surface area (Å²) in [5, 5.41) is 3.56. The first-order valence-electron chi connectivity index (χ1n) is 7.66. The average Bonchev–Trinajstić information content (AvgIpc) is 3.21. The number of imidazole rings is 1. The second-order valence-corrected chi connectivity index (χ2v) is 5.78. The molecule has 1 fully saturated rings. The summed E-state index contributed by atoms with van der Waals surface area (Å²) in [7, 11) is 0. The number of benzene rings is 1. The number of hydrogen-bond donors (Lipinski definition) is 1. The summed E-state index contributed by atoms with van der Waals surface area (Å²) in [4.78, 5) is 4.22. The van der Waals surface area contributed by atoms with Crippen molar-refractivity contribution < 1.29 is 4.74 Å². The van der Waals surface area contributed by atoms with Crippen LogP contribution in [0.3, 0.4) is 0 Å². The number of rotatable bonds is 7. The van der Waals surface area contributed by atoms with Crippen LogP contribution in [-0.4, -0.2) is 22.2 Å². The van der Waals surface area contributed by atoms with E-state index in [2.05, 4.69) is 40.0 Å². The molecule has 1 saturated carbocycles. The summed E-state index contributed by atoms with van der Waals surface area (Å²) in [6.45, 7) is 6.52. The van der Waals surface area contributed by atoms with Crippen LogP contribution >= 0.6 is 0 Å². The minimum atomic E-state index is 0.663. The van der Waals surface area contributed by atoms with E-state index in [0.717, 1.165) is 24.7 Å². The lowest BCUT2D eigenvalue weighted by Crippen LogP contribution is -2.17. The van der Waals surface area contributed by atoms with E-state index < -0.39 is 0 Å². The Hall–Kier alpha value is -1.81. The molecular formula is C17H23N3O. The topological polar surface area (TPSA) is 39.1 Å². The zero-order valence-electron chi connectivity index (χ0n) is 12.8. The molecule has 0 atom stereocenters. The van der Waals surface area contributed by atoms with Gasteiger partial charge in [-0.05, 0) is 32.8 Å². The van der Waals surface area contributed by atoms with E-state index in [1.165, 1.54) is 24.0 Å². The second-order valence-electron chi connectivity index (χ2n) is 5.78.